The van der Waals surface area contributed by atoms with Crippen molar-refractivity contribution in [3.63, 3.8) is 0 Å². The van der Waals surface area contributed by atoms with Gasteiger partial charge in [-0.3, -0.25) is 19.5 Å². The first kappa shape index (κ1) is 19.3. The molecule has 1 aromatic carbocycles. The third kappa shape index (κ3) is 4.62. The van der Waals surface area contributed by atoms with Gasteiger partial charge in [0.25, 0.3) is 0 Å². The van der Waals surface area contributed by atoms with Crippen molar-refractivity contribution in [1.29, 1.82) is 0 Å². The Hall–Kier alpha value is -1.47. The Labute approximate surface area is 156 Å². The smallest absolute Gasteiger partial charge is 0.325 e. The van der Waals surface area contributed by atoms with Gasteiger partial charge in [0, 0.05) is 51.9 Å². The number of carboxylic acids is 1. The zero-order valence-electron chi connectivity index (χ0n) is 15.7. The molecular formula is C20H31N3O3. The molecule has 26 heavy (non-hydrogen) atoms. The number of benzene rings is 1. The maximum atomic E-state index is 11.9. The lowest BCUT2D eigenvalue weighted by molar-refractivity contribution is -0.144. The Kier molecular flexibility index (Phi) is 6.64. The van der Waals surface area contributed by atoms with Crippen LogP contribution in [0.15, 0.2) is 24.3 Å². The Morgan fingerprint density at radius 1 is 1.15 bits per heavy atom. The molecule has 0 aliphatic carbocycles. The highest BCUT2D eigenvalue weighted by atomic mass is 16.4. The van der Waals surface area contributed by atoms with E-state index in [1.54, 1.807) is 0 Å². The van der Waals surface area contributed by atoms with Crippen LogP contribution < -0.4 is 0 Å². The number of carbonyl (C=O) groups is 1. The van der Waals surface area contributed by atoms with E-state index in [1.165, 1.54) is 0 Å². The molecule has 2 fully saturated rings. The summed E-state index contributed by atoms with van der Waals surface area (Å²) in [5, 5.41) is 18.8. The van der Waals surface area contributed by atoms with Crippen molar-refractivity contribution in [2.45, 2.75) is 31.8 Å². The normalized spacial score (nSPS) is 22.4. The fraction of sp³-hybridized carbons (Fsp3) is 0.650. The average molecular weight is 361 g/mol. The lowest BCUT2D eigenvalue weighted by Crippen LogP contribution is -2.54. The fourth-order valence-corrected chi connectivity index (χ4v) is 4.35. The Bertz CT molecular complexity index is 594. The Morgan fingerprint density at radius 2 is 1.85 bits per heavy atom. The summed E-state index contributed by atoms with van der Waals surface area (Å²) in [5.41, 5.74) is 1.98. The highest BCUT2D eigenvalue weighted by molar-refractivity contribution is 5.75. The van der Waals surface area contributed by atoms with Crippen molar-refractivity contribution in [2.24, 2.45) is 0 Å². The van der Waals surface area contributed by atoms with Crippen LogP contribution >= 0.6 is 0 Å². The topological polar surface area (TPSA) is 67.2 Å². The van der Waals surface area contributed by atoms with E-state index in [-0.39, 0.29) is 6.61 Å². The molecule has 0 saturated carbocycles. The molecule has 6 nitrogen and oxygen atoms in total. The second-order valence-electron chi connectivity index (χ2n) is 7.52. The number of aryl methyl sites for hydroxylation is 1. The molecule has 0 radical (unpaired) electrons. The van der Waals surface area contributed by atoms with Gasteiger partial charge in [-0.2, -0.15) is 0 Å². The molecule has 0 spiro atoms. The molecule has 3 rings (SSSR count). The standard InChI is InChI=1S/C20H31N3O3/c1-16-3-2-4-17(15-16)19(20(25)26)23-7-5-18(6-8-23)22-11-9-21(10-12-22)13-14-24/h2-4,15,18-19,24H,5-14H2,1H3,(H,25,26). The van der Waals surface area contributed by atoms with Gasteiger partial charge in [0.2, 0.25) is 0 Å². The molecule has 1 aromatic rings. The quantitative estimate of drug-likeness (QED) is 0.794. The summed E-state index contributed by atoms with van der Waals surface area (Å²) in [4.78, 5) is 18.9. The van der Waals surface area contributed by atoms with Gasteiger partial charge in [-0.1, -0.05) is 29.8 Å². The zero-order chi connectivity index (χ0) is 18.5. The van der Waals surface area contributed by atoms with Crippen LogP contribution in [0.25, 0.3) is 0 Å². The fourth-order valence-electron chi connectivity index (χ4n) is 4.35. The van der Waals surface area contributed by atoms with Crippen LogP contribution in [0.4, 0.5) is 0 Å². The van der Waals surface area contributed by atoms with E-state index in [4.69, 9.17) is 5.11 Å². The molecule has 0 aromatic heterocycles. The predicted molar refractivity (Wildman–Crippen MR) is 101 cm³/mol. The summed E-state index contributed by atoms with van der Waals surface area (Å²) in [6, 6.07) is 7.88. The van der Waals surface area contributed by atoms with Crippen LogP contribution in [0, 0.1) is 6.92 Å². The number of hydrogen-bond acceptors (Lipinski definition) is 5. The largest absolute Gasteiger partial charge is 0.480 e. The van der Waals surface area contributed by atoms with E-state index in [9.17, 15) is 9.90 Å². The number of likely N-dealkylation sites (tertiary alicyclic amines) is 1. The minimum absolute atomic E-state index is 0.230. The summed E-state index contributed by atoms with van der Waals surface area (Å²) < 4.78 is 0. The van der Waals surface area contributed by atoms with Crippen LogP contribution in [0.1, 0.15) is 30.0 Å². The first-order chi connectivity index (χ1) is 12.6. The number of aliphatic hydroxyl groups excluding tert-OH is 1. The van der Waals surface area contributed by atoms with Crippen LogP contribution in [0.3, 0.4) is 0 Å². The van der Waals surface area contributed by atoms with Gasteiger partial charge < -0.3 is 10.2 Å². The van der Waals surface area contributed by atoms with Crippen LogP contribution in [-0.4, -0.2) is 89.3 Å². The Balaban J connectivity index is 1.56. The van der Waals surface area contributed by atoms with Gasteiger partial charge >= 0.3 is 5.97 Å². The maximum Gasteiger partial charge on any atom is 0.325 e. The number of aliphatic hydroxyl groups is 1. The molecule has 6 heteroatoms. The number of carboxylic acid groups (broad SMARTS) is 1. The van der Waals surface area contributed by atoms with E-state index in [2.05, 4.69) is 14.7 Å². The summed E-state index contributed by atoms with van der Waals surface area (Å²) >= 11 is 0. The van der Waals surface area contributed by atoms with Gasteiger partial charge in [-0.15, -0.1) is 0 Å². The third-order valence-corrected chi connectivity index (χ3v) is 5.80. The van der Waals surface area contributed by atoms with Crippen molar-refractivity contribution in [1.82, 2.24) is 14.7 Å². The highest BCUT2D eigenvalue weighted by Gasteiger charge is 2.33. The first-order valence-corrected chi connectivity index (χ1v) is 9.69. The molecule has 2 N–H and O–H groups in total. The second-order valence-corrected chi connectivity index (χ2v) is 7.52. The number of piperidine rings is 1. The van der Waals surface area contributed by atoms with Crippen molar-refractivity contribution in [3.05, 3.63) is 35.4 Å². The zero-order valence-corrected chi connectivity index (χ0v) is 15.7. The van der Waals surface area contributed by atoms with E-state index < -0.39 is 12.0 Å². The lowest BCUT2D eigenvalue weighted by Gasteiger charge is -2.43. The highest BCUT2D eigenvalue weighted by Crippen LogP contribution is 2.27. The van der Waals surface area contributed by atoms with Crippen molar-refractivity contribution in [2.75, 3.05) is 52.4 Å². The molecule has 2 heterocycles. The van der Waals surface area contributed by atoms with E-state index in [1.807, 2.05) is 31.2 Å². The van der Waals surface area contributed by atoms with Gasteiger partial charge in [-0.05, 0) is 25.3 Å². The minimum Gasteiger partial charge on any atom is -0.480 e. The number of piperazine rings is 1. The number of aliphatic carboxylic acids is 1. The van der Waals surface area contributed by atoms with E-state index in [0.717, 1.165) is 69.8 Å². The molecule has 0 bridgehead atoms. The van der Waals surface area contributed by atoms with Gasteiger partial charge in [0.1, 0.15) is 6.04 Å². The summed E-state index contributed by atoms with van der Waals surface area (Å²) in [7, 11) is 0. The summed E-state index contributed by atoms with van der Waals surface area (Å²) in [6.45, 7) is 8.78. The third-order valence-electron chi connectivity index (χ3n) is 5.80. The molecule has 1 unspecified atom stereocenters. The summed E-state index contributed by atoms with van der Waals surface area (Å²) in [5.74, 6) is -0.758. The van der Waals surface area contributed by atoms with Gasteiger partial charge in [0.05, 0.1) is 6.61 Å². The second kappa shape index (κ2) is 8.95. The number of rotatable bonds is 6. The minimum atomic E-state index is -0.758. The average Bonchev–Trinajstić information content (AvgIpc) is 2.63. The number of hydrogen-bond donors (Lipinski definition) is 2. The predicted octanol–water partition coefficient (Wildman–Crippen LogP) is 1.20. The van der Waals surface area contributed by atoms with Crippen molar-refractivity contribution < 1.29 is 15.0 Å². The van der Waals surface area contributed by atoms with E-state index >= 15 is 0 Å². The van der Waals surface area contributed by atoms with Crippen molar-refractivity contribution >= 4 is 5.97 Å². The van der Waals surface area contributed by atoms with Crippen LogP contribution in [0.5, 0.6) is 0 Å². The molecule has 0 amide bonds. The number of nitrogens with zero attached hydrogens (tertiary/aromatic N) is 3. The molecule has 144 valence electrons. The monoisotopic (exact) mass is 361 g/mol. The molecular weight excluding hydrogens is 330 g/mol. The summed E-state index contributed by atoms with van der Waals surface area (Å²) in [6.07, 6.45) is 2.05. The SMILES string of the molecule is Cc1cccc(C(C(=O)O)N2CCC(N3CCN(CCO)CC3)CC2)c1. The first-order valence-electron chi connectivity index (χ1n) is 9.69. The van der Waals surface area contributed by atoms with Crippen molar-refractivity contribution in [3.8, 4) is 0 Å². The van der Waals surface area contributed by atoms with Gasteiger partial charge in [-0.25, -0.2) is 0 Å². The Morgan fingerprint density at radius 3 is 2.42 bits per heavy atom. The lowest BCUT2D eigenvalue weighted by atomic mass is 9.97. The molecule has 2 aliphatic rings. The maximum absolute atomic E-state index is 11.9. The van der Waals surface area contributed by atoms with E-state index in [0.29, 0.717) is 6.04 Å². The van der Waals surface area contributed by atoms with Crippen LogP contribution in [0.2, 0.25) is 0 Å². The molecule has 1 atom stereocenters. The molecule has 2 aliphatic heterocycles. The van der Waals surface area contributed by atoms with Gasteiger partial charge in [0.15, 0.2) is 0 Å². The van der Waals surface area contributed by atoms with Crippen LogP contribution in [-0.2, 0) is 4.79 Å². The molecule has 2 saturated heterocycles. The number of β-amino-alcohol motifs (C(OH)–C–C–N with tert-alkyl or cyclic N) is 1.